The van der Waals surface area contributed by atoms with E-state index in [9.17, 15) is 0 Å². The van der Waals surface area contributed by atoms with E-state index in [2.05, 4.69) is 193 Å². The van der Waals surface area contributed by atoms with Crippen LogP contribution < -0.4 is 24.0 Å². The maximum absolute atomic E-state index is 9.14. The monoisotopic (exact) mass is 895 g/mol. The molecular formula is C50H51Cl2Si3Zr. The van der Waals surface area contributed by atoms with Gasteiger partial charge >= 0.3 is 350 Å². The van der Waals surface area contributed by atoms with E-state index in [-0.39, 0.29) is 7.25 Å². The van der Waals surface area contributed by atoms with Gasteiger partial charge in [0.1, 0.15) is 0 Å². The summed E-state index contributed by atoms with van der Waals surface area (Å²) >= 11 is -5.50. The molecule has 0 bridgehead atoms. The van der Waals surface area contributed by atoms with E-state index < -0.39 is 42.1 Å². The van der Waals surface area contributed by atoms with Crippen LogP contribution in [0.1, 0.15) is 43.4 Å². The molecule has 6 heteroatoms. The molecule has 0 radical (unpaired) electrons. The van der Waals surface area contributed by atoms with E-state index in [1.165, 1.54) is 90.8 Å². The van der Waals surface area contributed by atoms with Gasteiger partial charge in [0.15, 0.2) is 0 Å². The Balaban J connectivity index is 1.33. The molecule has 2 unspecified atom stereocenters. The molecule has 9 rings (SSSR count). The van der Waals surface area contributed by atoms with E-state index in [1.807, 2.05) is 0 Å². The topological polar surface area (TPSA) is 0 Å². The van der Waals surface area contributed by atoms with Crippen molar-refractivity contribution in [3.63, 3.8) is 0 Å². The van der Waals surface area contributed by atoms with Gasteiger partial charge in [0.25, 0.3) is 0 Å². The Labute approximate surface area is 346 Å². The van der Waals surface area contributed by atoms with Gasteiger partial charge in [-0.2, -0.15) is 0 Å². The van der Waals surface area contributed by atoms with Gasteiger partial charge in [-0.25, -0.2) is 0 Å². The van der Waals surface area contributed by atoms with Crippen LogP contribution in [0, 0.1) is 0 Å². The van der Waals surface area contributed by atoms with Crippen molar-refractivity contribution in [2.75, 3.05) is 0 Å². The van der Waals surface area contributed by atoms with Crippen LogP contribution in [0.15, 0.2) is 139 Å². The zero-order valence-electron chi connectivity index (χ0n) is 33.9. The summed E-state index contributed by atoms with van der Waals surface area (Å²) in [6, 6.07) is 48.1. The van der Waals surface area contributed by atoms with E-state index in [4.69, 9.17) is 17.0 Å². The molecule has 6 aromatic rings. The molecule has 0 aromatic heterocycles. The summed E-state index contributed by atoms with van der Waals surface area (Å²) in [5.74, 6) is 0. The molecule has 1 aliphatic heterocycles. The molecule has 0 saturated carbocycles. The van der Waals surface area contributed by atoms with E-state index in [0.29, 0.717) is 0 Å². The van der Waals surface area contributed by atoms with Crippen molar-refractivity contribution in [2.24, 2.45) is 0 Å². The Kier molecular flexibility index (Phi) is 9.25. The van der Waals surface area contributed by atoms with Crippen LogP contribution >= 0.6 is 17.0 Å². The Morgan fingerprint density at radius 3 is 1.38 bits per heavy atom. The van der Waals surface area contributed by atoms with Crippen LogP contribution in [0.5, 0.6) is 0 Å². The third-order valence-corrected chi connectivity index (χ3v) is 40.3. The fourth-order valence-corrected chi connectivity index (χ4v) is 42.8. The third-order valence-electron chi connectivity index (χ3n) is 13.0. The molecule has 0 spiro atoms. The summed E-state index contributed by atoms with van der Waals surface area (Å²) in [5, 5.41) is 5.94. The quantitative estimate of drug-likeness (QED) is 0.140. The average molecular weight is 898 g/mol. The number of halogens is 2. The standard InChI is InChI=1S/2C19H21Si.C12H9Si.2ClH.Zr/c2*1-14-12-15-8-7-10-16(18(15)13-14)17-9-5-6-11-19(17)20(2,3)4;1-3-7-11-9(5-1)10-6-2-4-8-12(10)13-11;;;/h2*5-13H,1-4H3;1-7H,13H2;2*1H;/q;;;;;+2/p-2. The molecule has 0 fully saturated rings. The summed E-state index contributed by atoms with van der Waals surface area (Å²) in [4.78, 5) is 0. The first kappa shape index (κ1) is 38.4. The van der Waals surface area contributed by atoms with Crippen molar-refractivity contribution in [3.8, 4) is 33.4 Å². The van der Waals surface area contributed by atoms with Gasteiger partial charge in [0, 0.05) is 0 Å². The molecule has 0 N–H and O–H groups in total. The first-order valence-corrected chi connectivity index (χ1v) is 39.0. The fourth-order valence-electron chi connectivity index (χ4n) is 10.8. The summed E-state index contributed by atoms with van der Waals surface area (Å²) in [6.45, 7) is 19.4. The Hall–Kier alpha value is -3.09. The van der Waals surface area contributed by atoms with Crippen LogP contribution in [0.3, 0.4) is 0 Å². The molecule has 3 aliphatic rings. The molecule has 0 nitrogen and oxygen atoms in total. The van der Waals surface area contributed by atoms with Gasteiger partial charge in [-0.3, -0.25) is 0 Å². The molecule has 2 atom stereocenters. The van der Waals surface area contributed by atoms with Gasteiger partial charge < -0.3 is 0 Å². The second kappa shape index (κ2) is 13.5. The zero-order chi connectivity index (χ0) is 39.4. The first-order chi connectivity index (χ1) is 26.6. The molecule has 56 heavy (non-hydrogen) atoms. The van der Waals surface area contributed by atoms with Crippen LogP contribution in [0.25, 0.3) is 45.5 Å². The predicted molar refractivity (Wildman–Crippen MR) is 254 cm³/mol. The van der Waals surface area contributed by atoms with Gasteiger partial charge in [0.05, 0.1) is 0 Å². The van der Waals surface area contributed by atoms with E-state index in [0.717, 1.165) is 0 Å². The fraction of sp³-hybridized carbons (Fsp3) is 0.200. The van der Waals surface area contributed by atoms with E-state index >= 15 is 0 Å². The SMILES string of the molecule is CC1=Cc2c(-c3ccccc3[Si](C)(C)C)cccc2[CH]1[Zr]([Cl])([Cl])([c]1cccc2c1[SiH2]c1ccccc1-2)[CH]1C(C)=Cc2c(-c3ccccc3[Si](C)(C)C)cccc21. The second-order valence-corrected chi connectivity index (χ2v) is 51.2. The van der Waals surface area contributed by atoms with Gasteiger partial charge in [-0.15, -0.1) is 0 Å². The van der Waals surface area contributed by atoms with Gasteiger partial charge in [-0.05, 0) is 0 Å². The van der Waals surface area contributed by atoms with Crippen LogP contribution in [0.4, 0.5) is 0 Å². The van der Waals surface area contributed by atoms with Crippen molar-refractivity contribution in [1.29, 1.82) is 0 Å². The number of fused-ring (bicyclic) bond motifs is 5. The predicted octanol–water partition coefficient (Wildman–Crippen LogP) is 11.1. The molecule has 0 amide bonds. The van der Waals surface area contributed by atoms with Gasteiger partial charge in [0.2, 0.25) is 0 Å². The van der Waals surface area contributed by atoms with Crippen molar-refractivity contribution in [2.45, 2.75) is 60.4 Å². The summed E-state index contributed by atoms with van der Waals surface area (Å²) in [6.07, 6.45) is 4.92. The first-order valence-electron chi connectivity index (χ1n) is 20.2. The molecule has 281 valence electrons. The molecule has 0 saturated heterocycles. The van der Waals surface area contributed by atoms with Crippen molar-refractivity contribution >= 4 is 78.9 Å². The number of hydrogen-bond acceptors (Lipinski definition) is 0. The molecule has 2 aliphatic carbocycles. The third kappa shape index (κ3) is 5.80. The summed E-state index contributed by atoms with van der Waals surface area (Å²) < 4.78 is 1.11. The van der Waals surface area contributed by atoms with Crippen LogP contribution in [-0.2, 0) is 16.4 Å². The minimum atomic E-state index is -5.50. The second-order valence-electron chi connectivity index (χ2n) is 18.7. The molecule has 6 aromatic carbocycles. The number of allylic oxidation sites excluding steroid dienone is 2. The number of rotatable bonds is 7. The Morgan fingerprint density at radius 1 is 0.464 bits per heavy atom. The Morgan fingerprint density at radius 2 is 0.875 bits per heavy atom. The molecule has 1 heterocycles. The van der Waals surface area contributed by atoms with Gasteiger partial charge in [-0.1, -0.05) is 0 Å². The van der Waals surface area contributed by atoms with Crippen molar-refractivity contribution in [1.82, 2.24) is 0 Å². The minimum absolute atomic E-state index is 0.0878. The molecular weight excluding hydrogens is 847 g/mol. The zero-order valence-corrected chi connectivity index (χ0v) is 41.3. The van der Waals surface area contributed by atoms with Crippen LogP contribution in [0.2, 0.25) is 39.3 Å². The van der Waals surface area contributed by atoms with Crippen molar-refractivity contribution in [3.05, 3.63) is 161 Å². The summed E-state index contributed by atoms with van der Waals surface area (Å²) in [7, 11) is 14.1. The van der Waals surface area contributed by atoms with E-state index in [1.54, 1.807) is 0 Å². The average Bonchev–Trinajstić information content (AvgIpc) is 3.84. The number of benzene rings is 6. The Bertz CT molecular complexity index is 2540. The maximum atomic E-state index is 9.14. The van der Waals surface area contributed by atoms with Crippen LogP contribution in [-0.4, -0.2) is 25.7 Å². The number of hydrogen-bond donors (Lipinski definition) is 0. The normalized spacial score (nSPS) is 18.4. The summed E-state index contributed by atoms with van der Waals surface area (Å²) in [5.41, 5.74) is 15.8. The van der Waals surface area contributed by atoms with Crippen molar-refractivity contribution < 1.29 is 16.4 Å².